The summed E-state index contributed by atoms with van der Waals surface area (Å²) in [6.45, 7) is 2.66. The number of aryl methyl sites for hydroxylation is 1. The van der Waals surface area contributed by atoms with Gasteiger partial charge in [0.25, 0.3) is 0 Å². The smallest absolute Gasteiger partial charge is 0.214 e. The van der Waals surface area contributed by atoms with E-state index in [-0.39, 0.29) is 0 Å². The van der Waals surface area contributed by atoms with E-state index in [2.05, 4.69) is 32.6 Å². The average Bonchev–Trinajstić information content (AvgIpc) is 2.85. The molecule has 1 aromatic carbocycles. The highest BCUT2D eigenvalue weighted by Gasteiger charge is 2.11. The second kappa shape index (κ2) is 5.60. The molecule has 0 saturated carbocycles. The Kier molecular flexibility index (Phi) is 3.66. The molecule has 0 aliphatic heterocycles. The molecular formula is C14H15N5S. The summed E-state index contributed by atoms with van der Waals surface area (Å²) in [5, 5.41) is 13.0. The standard InChI is InChI=1S/C14H15N5S/c1-9-16-14(19-18-9)20-13-11(8-15-2)7-10-5-3-4-6-12(10)17-13/h3-7,15H,8H2,1-2H3,(H,16,18,19). The van der Waals surface area contributed by atoms with Gasteiger partial charge in [0.1, 0.15) is 10.9 Å². The van der Waals surface area contributed by atoms with Gasteiger partial charge in [-0.3, -0.25) is 5.10 Å². The van der Waals surface area contributed by atoms with Crippen molar-refractivity contribution in [3.05, 3.63) is 41.7 Å². The number of aromatic amines is 1. The van der Waals surface area contributed by atoms with Crippen LogP contribution in [0.5, 0.6) is 0 Å². The van der Waals surface area contributed by atoms with E-state index < -0.39 is 0 Å². The summed E-state index contributed by atoms with van der Waals surface area (Å²) in [6.07, 6.45) is 0. The van der Waals surface area contributed by atoms with Gasteiger partial charge < -0.3 is 5.32 Å². The third-order valence-corrected chi connectivity index (χ3v) is 3.81. The fourth-order valence-electron chi connectivity index (χ4n) is 2.00. The fraction of sp³-hybridized carbons (Fsp3) is 0.214. The van der Waals surface area contributed by atoms with Crippen molar-refractivity contribution in [1.82, 2.24) is 25.5 Å². The van der Waals surface area contributed by atoms with Gasteiger partial charge in [-0.05, 0) is 43.4 Å². The van der Waals surface area contributed by atoms with E-state index in [1.54, 1.807) is 0 Å². The summed E-state index contributed by atoms with van der Waals surface area (Å²) < 4.78 is 0. The summed E-state index contributed by atoms with van der Waals surface area (Å²) in [7, 11) is 1.93. The van der Waals surface area contributed by atoms with Crippen molar-refractivity contribution in [2.75, 3.05) is 7.05 Å². The average molecular weight is 285 g/mol. The van der Waals surface area contributed by atoms with E-state index in [1.165, 1.54) is 11.8 Å². The Morgan fingerprint density at radius 2 is 2.10 bits per heavy atom. The Bertz CT molecular complexity index is 737. The molecule has 0 radical (unpaired) electrons. The number of nitrogens with zero attached hydrogens (tertiary/aromatic N) is 3. The fourth-order valence-corrected chi connectivity index (χ4v) is 2.85. The third-order valence-electron chi connectivity index (χ3n) is 2.90. The highest BCUT2D eigenvalue weighted by Crippen LogP contribution is 2.28. The number of hydrogen-bond acceptors (Lipinski definition) is 5. The van der Waals surface area contributed by atoms with E-state index >= 15 is 0 Å². The zero-order valence-corrected chi connectivity index (χ0v) is 12.2. The SMILES string of the molecule is CNCc1cc2ccccc2nc1Sc1n[nH]c(C)n1. The van der Waals surface area contributed by atoms with Crippen molar-refractivity contribution in [3.8, 4) is 0 Å². The molecule has 0 aliphatic carbocycles. The number of H-pyrrole nitrogens is 1. The minimum atomic E-state index is 0.697. The Balaban J connectivity index is 2.04. The molecule has 2 N–H and O–H groups in total. The first-order chi connectivity index (χ1) is 9.76. The van der Waals surface area contributed by atoms with Gasteiger partial charge in [0, 0.05) is 11.9 Å². The first-order valence-electron chi connectivity index (χ1n) is 6.36. The van der Waals surface area contributed by atoms with Gasteiger partial charge in [0.2, 0.25) is 5.16 Å². The zero-order valence-electron chi connectivity index (χ0n) is 11.3. The van der Waals surface area contributed by atoms with Crippen LogP contribution in [0.3, 0.4) is 0 Å². The molecule has 102 valence electrons. The molecule has 2 heterocycles. The van der Waals surface area contributed by atoms with Crippen LogP contribution in [-0.2, 0) is 6.54 Å². The highest BCUT2D eigenvalue weighted by molar-refractivity contribution is 7.99. The largest absolute Gasteiger partial charge is 0.316 e. The molecule has 3 rings (SSSR count). The Morgan fingerprint density at radius 3 is 2.85 bits per heavy atom. The lowest BCUT2D eigenvalue weighted by molar-refractivity contribution is 0.793. The Labute approximate surface area is 121 Å². The lowest BCUT2D eigenvalue weighted by Crippen LogP contribution is -2.07. The molecule has 0 fully saturated rings. The van der Waals surface area contributed by atoms with Crippen LogP contribution in [0.25, 0.3) is 10.9 Å². The summed E-state index contributed by atoms with van der Waals surface area (Å²) >= 11 is 1.49. The second-order valence-electron chi connectivity index (χ2n) is 4.48. The highest BCUT2D eigenvalue weighted by atomic mass is 32.2. The molecule has 2 aromatic heterocycles. The zero-order chi connectivity index (χ0) is 13.9. The minimum Gasteiger partial charge on any atom is -0.316 e. The molecule has 0 unspecified atom stereocenters. The number of para-hydroxylation sites is 1. The van der Waals surface area contributed by atoms with E-state index in [1.807, 2.05) is 32.2 Å². The van der Waals surface area contributed by atoms with Gasteiger partial charge >= 0.3 is 0 Å². The second-order valence-corrected chi connectivity index (χ2v) is 5.44. The quantitative estimate of drug-likeness (QED) is 0.771. The molecule has 0 aliphatic rings. The van der Waals surface area contributed by atoms with Crippen LogP contribution in [0.1, 0.15) is 11.4 Å². The van der Waals surface area contributed by atoms with Gasteiger partial charge in [-0.15, -0.1) is 5.10 Å². The van der Waals surface area contributed by atoms with Crippen molar-refractivity contribution in [2.45, 2.75) is 23.7 Å². The van der Waals surface area contributed by atoms with Crippen molar-refractivity contribution >= 4 is 22.7 Å². The van der Waals surface area contributed by atoms with Gasteiger partial charge in [0.05, 0.1) is 5.52 Å². The molecule has 0 atom stereocenters. The number of benzene rings is 1. The van der Waals surface area contributed by atoms with Gasteiger partial charge in [-0.1, -0.05) is 18.2 Å². The molecule has 0 bridgehead atoms. The van der Waals surface area contributed by atoms with E-state index in [9.17, 15) is 0 Å². The predicted octanol–water partition coefficient (Wildman–Crippen LogP) is 2.53. The summed E-state index contributed by atoms with van der Waals surface area (Å²) in [5.41, 5.74) is 2.14. The maximum absolute atomic E-state index is 4.73. The summed E-state index contributed by atoms with van der Waals surface area (Å²) in [5.74, 6) is 0.809. The lowest BCUT2D eigenvalue weighted by atomic mass is 10.1. The first-order valence-corrected chi connectivity index (χ1v) is 7.18. The van der Waals surface area contributed by atoms with Crippen LogP contribution in [0.2, 0.25) is 0 Å². The monoisotopic (exact) mass is 285 g/mol. The van der Waals surface area contributed by atoms with Crippen molar-refractivity contribution in [3.63, 3.8) is 0 Å². The molecule has 0 amide bonds. The predicted molar refractivity (Wildman–Crippen MR) is 79.7 cm³/mol. The molecule has 0 spiro atoms. The van der Waals surface area contributed by atoms with Gasteiger partial charge in [0.15, 0.2) is 0 Å². The van der Waals surface area contributed by atoms with Crippen molar-refractivity contribution in [1.29, 1.82) is 0 Å². The number of nitrogens with one attached hydrogen (secondary N) is 2. The van der Waals surface area contributed by atoms with Gasteiger partial charge in [-0.25, -0.2) is 9.97 Å². The third kappa shape index (κ3) is 2.66. The Morgan fingerprint density at radius 1 is 1.25 bits per heavy atom. The van der Waals surface area contributed by atoms with Crippen molar-refractivity contribution in [2.24, 2.45) is 0 Å². The lowest BCUT2D eigenvalue weighted by Gasteiger charge is -2.08. The first kappa shape index (κ1) is 13.1. The number of pyridine rings is 1. The van der Waals surface area contributed by atoms with Crippen LogP contribution in [0.15, 0.2) is 40.5 Å². The summed E-state index contributed by atoms with van der Waals surface area (Å²) in [4.78, 5) is 9.05. The Hall–Kier alpha value is -1.92. The summed E-state index contributed by atoms with van der Waals surface area (Å²) in [6, 6.07) is 10.3. The molecule has 20 heavy (non-hydrogen) atoms. The van der Waals surface area contributed by atoms with E-state index in [0.717, 1.165) is 33.9 Å². The topological polar surface area (TPSA) is 66.5 Å². The van der Waals surface area contributed by atoms with Crippen molar-refractivity contribution < 1.29 is 0 Å². The number of hydrogen-bond donors (Lipinski definition) is 2. The normalized spacial score (nSPS) is 11.1. The van der Waals surface area contributed by atoms with Crippen LogP contribution >= 0.6 is 11.8 Å². The van der Waals surface area contributed by atoms with E-state index in [0.29, 0.717) is 5.16 Å². The van der Waals surface area contributed by atoms with Crippen LogP contribution < -0.4 is 5.32 Å². The molecule has 0 saturated heterocycles. The maximum Gasteiger partial charge on any atom is 0.214 e. The maximum atomic E-state index is 4.73. The van der Waals surface area contributed by atoms with Crippen LogP contribution in [0.4, 0.5) is 0 Å². The molecule has 6 heteroatoms. The van der Waals surface area contributed by atoms with E-state index in [4.69, 9.17) is 4.98 Å². The van der Waals surface area contributed by atoms with Crippen LogP contribution in [-0.4, -0.2) is 27.2 Å². The molecular weight excluding hydrogens is 270 g/mol. The van der Waals surface area contributed by atoms with Gasteiger partial charge in [-0.2, -0.15) is 0 Å². The van der Waals surface area contributed by atoms with Crippen LogP contribution in [0, 0.1) is 6.92 Å². The number of aromatic nitrogens is 4. The molecule has 5 nitrogen and oxygen atoms in total. The minimum absolute atomic E-state index is 0.697. The number of rotatable bonds is 4. The molecule has 3 aromatic rings. The number of fused-ring (bicyclic) bond motifs is 1.